The number of ether oxygens (including phenoxy) is 1. The van der Waals surface area contributed by atoms with Crippen molar-refractivity contribution in [2.24, 2.45) is 0 Å². The van der Waals surface area contributed by atoms with Crippen molar-refractivity contribution in [1.82, 2.24) is 4.90 Å². The Bertz CT molecular complexity index is 647. The van der Waals surface area contributed by atoms with Gasteiger partial charge in [-0.2, -0.15) is 0 Å². The van der Waals surface area contributed by atoms with E-state index in [1.807, 2.05) is 12.1 Å². The van der Waals surface area contributed by atoms with Crippen molar-refractivity contribution in [3.63, 3.8) is 0 Å². The van der Waals surface area contributed by atoms with Gasteiger partial charge >= 0.3 is 5.97 Å². The lowest BCUT2D eigenvalue weighted by atomic mass is 10.0. The molecule has 1 saturated heterocycles. The lowest BCUT2D eigenvalue weighted by molar-refractivity contribution is 0.0692. The van der Waals surface area contributed by atoms with Crippen LogP contribution < -0.4 is 4.74 Å². The summed E-state index contributed by atoms with van der Waals surface area (Å²) in [6, 6.07) is 9.86. The van der Waals surface area contributed by atoms with E-state index < -0.39 is 5.97 Å². The van der Waals surface area contributed by atoms with Crippen molar-refractivity contribution in [3.8, 4) is 5.75 Å². The third-order valence-electron chi connectivity index (χ3n) is 4.19. The van der Waals surface area contributed by atoms with E-state index >= 15 is 0 Å². The highest BCUT2D eigenvalue weighted by Gasteiger charge is 2.28. The van der Waals surface area contributed by atoms with Crippen molar-refractivity contribution in [2.75, 3.05) is 13.7 Å². The summed E-state index contributed by atoms with van der Waals surface area (Å²) in [5.41, 5.74) is 1.47. The molecule has 22 heavy (non-hydrogen) atoms. The monoisotopic (exact) mass is 301 g/mol. The highest BCUT2D eigenvalue weighted by molar-refractivity contribution is 5.88. The van der Waals surface area contributed by atoms with Crippen LogP contribution in [-0.2, 0) is 6.54 Å². The summed E-state index contributed by atoms with van der Waals surface area (Å²) in [7, 11) is 1.65. The molecular weight excluding hydrogens is 282 g/mol. The Labute approximate surface area is 129 Å². The number of aromatic carboxylic acids is 1. The summed E-state index contributed by atoms with van der Waals surface area (Å²) < 4.78 is 10.6. The molecule has 5 nitrogen and oxygen atoms in total. The largest absolute Gasteiger partial charge is 0.497 e. The average Bonchev–Trinajstić information content (AvgIpc) is 3.17. The summed E-state index contributed by atoms with van der Waals surface area (Å²) in [6.07, 6.45) is 3.60. The van der Waals surface area contributed by atoms with Crippen LogP contribution in [0.4, 0.5) is 0 Å². The fourth-order valence-corrected chi connectivity index (χ4v) is 3.06. The Kier molecular flexibility index (Phi) is 4.15. The molecule has 1 aliphatic heterocycles. The number of rotatable bonds is 5. The first-order valence-electron chi connectivity index (χ1n) is 7.36. The van der Waals surface area contributed by atoms with E-state index in [0.717, 1.165) is 25.1 Å². The molecule has 116 valence electrons. The normalized spacial score (nSPS) is 18.5. The van der Waals surface area contributed by atoms with Crippen LogP contribution >= 0.6 is 0 Å². The molecule has 0 amide bonds. The molecule has 0 saturated carbocycles. The van der Waals surface area contributed by atoms with Gasteiger partial charge in [0.1, 0.15) is 17.1 Å². The molecule has 0 spiro atoms. The first-order valence-corrected chi connectivity index (χ1v) is 7.36. The van der Waals surface area contributed by atoms with Gasteiger partial charge < -0.3 is 14.3 Å². The van der Waals surface area contributed by atoms with Crippen LogP contribution in [0, 0.1) is 0 Å². The summed E-state index contributed by atoms with van der Waals surface area (Å²) in [5.74, 6) is 0.421. The van der Waals surface area contributed by atoms with Crippen molar-refractivity contribution in [3.05, 3.63) is 53.5 Å². The quantitative estimate of drug-likeness (QED) is 0.918. The number of benzene rings is 1. The molecule has 1 N–H and O–H groups in total. The van der Waals surface area contributed by atoms with Crippen molar-refractivity contribution in [2.45, 2.75) is 25.4 Å². The summed E-state index contributed by atoms with van der Waals surface area (Å²) in [5, 5.41) is 9.18. The van der Waals surface area contributed by atoms with Gasteiger partial charge in [0.05, 0.1) is 19.9 Å². The molecule has 1 aliphatic rings. The number of likely N-dealkylation sites (tertiary alicyclic amines) is 1. The minimum Gasteiger partial charge on any atom is -0.497 e. The molecule has 0 radical (unpaired) electrons. The molecule has 5 heteroatoms. The minimum atomic E-state index is -0.941. The van der Waals surface area contributed by atoms with Crippen LogP contribution in [0.25, 0.3) is 0 Å². The van der Waals surface area contributed by atoms with Crippen LogP contribution in [-0.4, -0.2) is 29.6 Å². The molecule has 1 aromatic carbocycles. The Morgan fingerprint density at radius 3 is 2.82 bits per heavy atom. The van der Waals surface area contributed by atoms with Gasteiger partial charge in [0, 0.05) is 6.04 Å². The zero-order valence-corrected chi connectivity index (χ0v) is 12.5. The number of methoxy groups -OCH3 is 1. The van der Waals surface area contributed by atoms with Gasteiger partial charge in [0.25, 0.3) is 0 Å². The number of carboxylic acid groups (broad SMARTS) is 1. The smallest absolute Gasteiger partial charge is 0.339 e. The summed E-state index contributed by atoms with van der Waals surface area (Å²) >= 11 is 0. The summed E-state index contributed by atoms with van der Waals surface area (Å²) in [6.45, 7) is 1.46. The molecule has 3 rings (SSSR count). The predicted octanol–water partition coefficient (Wildman–Crippen LogP) is 3.32. The Morgan fingerprint density at radius 2 is 2.14 bits per heavy atom. The van der Waals surface area contributed by atoms with Crippen LogP contribution in [0.3, 0.4) is 0 Å². The Hall–Kier alpha value is -2.27. The SMILES string of the molecule is COc1ccc(C2CCCN2Cc2occc2C(=O)O)cc1. The fourth-order valence-electron chi connectivity index (χ4n) is 3.06. The second kappa shape index (κ2) is 6.23. The number of nitrogens with zero attached hydrogens (tertiary/aromatic N) is 1. The zero-order valence-electron chi connectivity index (χ0n) is 12.5. The van der Waals surface area contributed by atoms with E-state index in [1.54, 1.807) is 7.11 Å². The molecule has 2 heterocycles. The maximum absolute atomic E-state index is 11.2. The van der Waals surface area contributed by atoms with Crippen LogP contribution in [0.2, 0.25) is 0 Å². The number of hydrogen-bond acceptors (Lipinski definition) is 4. The third-order valence-corrected chi connectivity index (χ3v) is 4.19. The Morgan fingerprint density at radius 1 is 1.36 bits per heavy atom. The maximum atomic E-state index is 11.2. The van der Waals surface area contributed by atoms with E-state index in [0.29, 0.717) is 12.3 Å². The molecule has 0 bridgehead atoms. The van der Waals surface area contributed by atoms with E-state index in [1.165, 1.54) is 17.9 Å². The lowest BCUT2D eigenvalue weighted by Gasteiger charge is -2.24. The van der Waals surface area contributed by atoms with Gasteiger partial charge in [-0.25, -0.2) is 4.79 Å². The van der Waals surface area contributed by atoms with Crippen LogP contribution in [0.15, 0.2) is 41.0 Å². The number of hydrogen-bond donors (Lipinski definition) is 1. The van der Waals surface area contributed by atoms with E-state index in [9.17, 15) is 9.90 Å². The zero-order chi connectivity index (χ0) is 15.5. The highest BCUT2D eigenvalue weighted by Crippen LogP contribution is 2.34. The highest BCUT2D eigenvalue weighted by atomic mass is 16.5. The fraction of sp³-hybridized carbons (Fsp3) is 0.353. The topological polar surface area (TPSA) is 62.9 Å². The maximum Gasteiger partial charge on any atom is 0.339 e. The molecule has 1 atom stereocenters. The Balaban J connectivity index is 1.77. The van der Waals surface area contributed by atoms with Crippen molar-refractivity contribution < 1.29 is 19.1 Å². The van der Waals surface area contributed by atoms with Gasteiger partial charge in [-0.05, 0) is 43.1 Å². The standard InChI is InChI=1S/C17H19NO4/c1-21-13-6-4-12(5-7-13)15-3-2-9-18(15)11-16-14(17(19)20)8-10-22-16/h4-8,10,15H,2-3,9,11H2,1H3,(H,19,20). The first kappa shape index (κ1) is 14.7. The average molecular weight is 301 g/mol. The van der Waals surface area contributed by atoms with E-state index in [4.69, 9.17) is 9.15 Å². The molecule has 1 aromatic heterocycles. The van der Waals surface area contributed by atoms with E-state index in [2.05, 4.69) is 17.0 Å². The number of carbonyl (C=O) groups is 1. The van der Waals surface area contributed by atoms with Gasteiger partial charge in [-0.15, -0.1) is 0 Å². The number of furan rings is 1. The van der Waals surface area contributed by atoms with Gasteiger partial charge in [0.2, 0.25) is 0 Å². The lowest BCUT2D eigenvalue weighted by Crippen LogP contribution is -2.23. The minimum absolute atomic E-state index is 0.250. The van der Waals surface area contributed by atoms with E-state index in [-0.39, 0.29) is 11.6 Å². The van der Waals surface area contributed by atoms with Crippen molar-refractivity contribution in [1.29, 1.82) is 0 Å². The first-order chi connectivity index (χ1) is 10.7. The molecule has 2 aromatic rings. The second-order valence-corrected chi connectivity index (χ2v) is 5.46. The van der Waals surface area contributed by atoms with Crippen LogP contribution in [0.1, 0.15) is 40.6 Å². The van der Waals surface area contributed by atoms with Crippen molar-refractivity contribution >= 4 is 5.97 Å². The molecule has 1 unspecified atom stereocenters. The van der Waals surface area contributed by atoms with Gasteiger partial charge in [-0.3, -0.25) is 4.90 Å². The molecule has 1 fully saturated rings. The molecular formula is C17H19NO4. The predicted molar refractivity (Wildman–Crippen MR) is 81.0 cm³/mol. The molecule has 0 aliphatic carbocycles. The van der Waals surface area contributed by atoms with Crippen LogP contribution in [0.5, 0.6) is 5.75 Å². The number of carboxylic acids is 1. The van der Waals surface area contributed by atoms with Gasteiger partial charge in [-0.1, -0.05) is 12.1 Å². The summed E-state index contributed by atoms with van der Waals surface area (Å²) in [4.78, 5) is 13.5. The third kappa shape index (κ3) is 2.85. The van der Waals surface area contributed by atoms with Gasteiger partial charge in [0.15, 0.2) is 0 Å². The second-order valence-electron chi connectivity index (χ2n) is 5.46.